The molecule has 1 aromatic carbocycles. The van der Waals surface area contributed by atoms with Gasteiger partial charge in [0.2, 0.25) is 5.89 Å². The topological polar surface area (TPSA) is 88.2 Å². The minimum atomic E-state index is -0.483. The van der Waals surface area contributed by atoms with Crippen molar-refractivity contribution in [3.8, 4) is 5.75 Å². The Balaban J connectivity index is 2.12. The average Bonchev–Trinajstić information content (AvgIpc) is 2.76. The van der Waals surface area contributed by atoms with Crippen LogP contribution in [0.5, 0.6) is 5.75 Å². The second-order valence-electron chi connectivity index (χ2n) is 3.70. The largest absolute Gasteiger partial charge is 0.506 e. The Labute approximate surface area is 121 Å². The van der Waals surface area contributed by atoms with E-state index in [1.165, 1.54) is 12.1 Å². The summed E-state index contributed by atoms with van der Waals surface area (Å²) in [5, 5.41) is 16.3. The standard InChI is InChI=1S/C11H9BrClN3O3/c1-5-15-9(16-19-5)4-14-11(18)7-2-6(13)3-8(12)10(7)17/h2-3,17H,4H2,1H3,(H,14,18). The van der Waals surface area contributed by atoms with Gasteiger partial charge in [0.15, 0.2) is 5.82 Å². The lowest BCUT2D eigenvalue weighted by Gasteiger charge is -2.07. The number of carbonyl (C=O) groups excluding carboxylic acids is 1. The summed E-state index contributed by atoms with van der Waals surface area (Å²) >= 11 is 8.94. The Bertz CT molecular complexity index is 630. The number of carbonyl (C=O) groups is 1. The van der Waals surface area contributed by atoms with Crippen LogP contribution in [0.25, 0.3) is 0 Å². The zero-order chi connectivity index (χ0) is 14.0. The Morgan fingerprint density at radius 3 is 2.95 bits per heavy atom. The lowest BCUT2D eigenvalue weighted by molar-refractivity contribution is 0.0947. The highest BCUT2D eigenvalue weighted by Gasteiger charge is 2.15. The quantitative estimate of drug-likeness (QED) is 0.891. The van der Waals surface area contributed by atoms with Crippen LogP contribution in [0.2, 0.25) is 5.02 Å². The first kappa shape index (κ1) is 13.8. The zero-order valence-corrected chi connectivity index (χ0v) is 12.1. The first-order chi connectivity index (χ1) is 8.97. The van der Waals surface area contributed by atoms with Gasteiger partial charge in [-0.3, -0.25) is 4.79 Å². The van der Waals surface area contributed by atoms with Crippen molar-refractivity contribution in [2.75, 3.05) is 0 Å². The molecule has 100 valence electrons. The van der Waals surface area contributed by atoms with Crippen LogP contribution in [0, 0.1) is 6.92 Å². The van der Waals surface area contributed by atoms with Crippen molar-refractivity contribution < 1.29 is 14.4 Å². The van der Waals surface area contributed by atoms with E-state index in [-0.39, 0.29) is 17.9 Å². The number of phenols is 1. The number of amides is 1. The predicted octanol–water partition coefficient (Wildman–Crippen LogP) is 2.43. The number of nitrogens with one attached hydrogen (secondary N) is 1. The second-order valence-corrected chi connectivity index (χ2v) is 4.99. The molecule has 0 fully saturated rings. The Morgan fingerprint density at radius 2 is 2.32 bits per heavy atom. The normalized spacial score (nSPS) is 10.5. The van der Waals surface area contributed by atoms with Crippen molar-refractivity contribution in [3.63, 3.8) is 0 Å². The molecule has 2 rings (SSSR count). The Morgan fingerprint density at radius 1 is 1.58 bits per heavy atom. The smallest absolute Gasteiger partial charge is 0.255 e. The fourth-order valence-corrected chi connectivity index (χ4v) is 2.22. The third kappa shape index (κ3) is 3.24. The summed E-state index contributed by atoms with van der Waals surface area (Å²) in [5.41, 5.74) is 0.0691. The summed E-state index contributed by atoms with van der Waals surface area (Å²) in [7, 11) is 0. The first-order valence-electron chi connectivity index (χ1n) is 5.23. The molecular formula is C11H9BrClN3O3. The van der Waals surface area contributed by atoms with E-state index in [9.17, 15) is 9.90 Å². The van der Waals surface area contributed by atoms with Gasteiger partial charge in [-0.25, -0.2) is 0 Å². The van der Waals surface area contributed by atoms with E-state index in [1.54, 1.807) is 6.92 Å². The molecule has 2 N–H and O–H groups in total. The number of hydrogen-bond donors (Lipinski definition) is 2. The van der Waals surface area contributed by atoms with Gasteiger partial charge in [-0.1, -0.05) is 16.8 Å². The molecule has 0 radical (unpaired) electrons. The maximum atomic E-state index is 11.9. The minimum absolute atomic E-state index is 0.0691. The monoisotopic (exact) mass is 345 g/mol. The van der Waals surface area contributed by atoms with Crippen molar-refractivity contribution in [1.29, 1.82) is 0 Å². The van der Waals surface area contributed by atoms with E-state index in [4.69, 9.17) is 16.1 Å². The van der Waals surface area contributed by atoms with Crippen LogP contribution in [-0.2, 0) is 6.54 Å². The molecule has 6 nitrogen and oxygen atoms in total. The molecule has 1 amide bonds. The number of benzene rings is 1. The zero-order valence-electron chi connectivity index (χ0n) is 9.78. The number of phenolic OH excluding ortho intramolecular Hbond substituents is 1. The van der Waals surface area contributed by atoms with Gasteiger partial charge >= 0.3 is 0 Å². The number of nitrogens with zero attached hydrogens (tertiary/aromatic N) is 2. The van der Waals surface area contributed by atoms with E-state index < -0.39 is 5.91 Å². The van der Waals surface area contributed by atoms with E-state index in [0.717, 1.165) is 0 Å². The molecule has 1 aromatic heterocycles. The molecule has 0 spiro atoms. The number of aromatic nitrogens is 2. The fraction of sp³-hybridized carbons (Fsp3) is 0.182. The summed E-state index contributed by atoms with van der Waals surface area (Å²) in [4.78, 5) is 15.9. The van der Waals surface area contributed by atoms with Crippen LogP contribution in [-0.4, -0.2) is 21.2 Å². The van der Waals surface area contributed by atoms with E-state index in [0.29, 0.717) is 21.2 Å². The average molecular weight is 347 g/mol. The number of aromatic hydroxyl groups is 1. The van der Waals surface area contributed by atoms with Crippen LogP contribution < -0.4 is 5.32 Å². The fourth-order valence-electron chi connectivity index (χ4n) is 1.41. The summed E-state index contributed by atoms with van der Waals surface area (Å²) in [6.45, 7) is 1.75. The van der Waals surface area contributed by atoms with Crippen LogP contribution in [0.15, 0.2) is 21.1 Å². The SMILES string of the molecule is Cc1nc(CNC(=O)c2cc(Cl)cc(Br)c2O)no1. The van der Waals surface area contributed by atoms with Crippen molar-refractivity contribution in [1.82, 2.24) is 15.5 Å². The van der Waals surface area contributed by atoms with Crippen molar-refractivity contribution in [3.05, 3.63) is 38.9 Å². The van der Waals surface area contributed by atoms with Gasteiger partial charge in [0.05, 0.1) is 16.6 Å². The molecule has 0 unspecified atom stereocenters. The second kappa shape index (κ2) is 5.58. The molecule has 0 aliphatic carbocycles. The predicted molar refractivity (Wildman–Crippen MR) is 71.0 cm³/mol. The first-order valence-corrected chi connectivity index (χ1v) is 6.40. The molecular weight excluding hydrogens is 337 g/mol. The molecule has 0 aliphatic heterocycles. The van der Waals surface area contributed by atoms with Gasteiger partial charge in [0.25, 0.3) is 5.91 Å². The molecule has 0 saturated carbocycles. The molecule has 0 aliphatic rings. The molecule has 0 saturated heterocycles. The van der Waals surface area contributed by atoms with Gasteiger partial charge in [0.1, 0.15) is 5.75 Å². The van der Waals surface area contributed by atoms with Gasteiger partial charge in [-0.2, -0.15) is 4.98 Å². The lowest BCUT2D eigenvalue weighted by Crippen LogP contribution is -2.23. The van der Waals surface area contributed by atoms with E-state index in [2.05, 4.69) is 31.4 Å². The molecule has 0 atom stereocenters. The van der Waals surface area contributed by atoms with Gasteiger partial charge in [0, 0.05) is 11.9 Å². The highest BCUT2D eigenvalue weighted by Crippen LogP contribution is 2.31. The Hall–Kier alpha value is -1.60. The maximum Gasteiger partial charge on any atom is 0.255 e. The van der Waals surface area contributed by atoms with Crippen molar-refractivity contribution in [2.24, 2.45) is 0 Å². The van der Waals surface area contributed by atoms with Crippen LogP contribution in [0.4, 0.5) is 0 Å². The third-order valence-corrected chi connectivity index (χ3v) is 3.07. The summed E-state index contributed by atoms with van der Waals surface area (Å²) in [6.07, 6.45) is 0. The molecule has 19 heavy (non-hydrogen) atoms. The number of hydrogen-bond acceptors (Lipinski definition) is 5. The highest BCUT2D eigenvalue weighted by atomic mass is 79.9. The van der Waals surface area contributed by atoms with Crippen LogP contribution in [0.1, 0.15) is 22.1 Å². The lowest BCUT2D eigenvalue weighted by atomic mass is 10.2. The number of halogens is 2. The Kier molecular flexibility index (Phi) is 4.06. The van der Waals surface area contributed by atoms with Crippen LogP contribution >= 0.6 is 27.5 Å². The molecule has 1 heterocycles. The highest BCUT2D eigenvalue weighted by molar-refractivity contribution is 9.10. The summed E-state index contributed by atoms with van der Waals surface area (Å²) < 4.78 is 5.12. The van der Waals surface area contributed by atoms with E-state index >= 15 is 0 Å². The third-order valence-electron chi connectivity index (χ3n) is 2.25. The number of rotatable bonds is 3. The maximum absolute atomic E-state index is 11.9. The molecule has 2 aromatic rings. The van der Waals surface area contributed by atoms with Crippen LogP contribution in [0.3, 0.4) is 0 Å². The number of aryl methyl sites for hydroxylation is 1. The van der Waals surface area contributed by atoms with Gasteiger partial charge < -0.3 is 14.9 Å². The summed E-state index contributed by atoms with van der Waals surface area (Å²) in [6, 6.07) is 2.87. The summed E-state index contributed by atoms with van der Waals surface area (Å²) in [5.74, 6) is 0.110. The van der Waals surface area contributed by atoms with Gasteiger partial charge in [-0.15, -0.1) is 0 Å². The van der Waals surface area contributed by atoms with E-state index in [1.807, 2.05) is 0 Å². The minimum Gasteiger partial charge on any atom is -0.506 e. The molecule has 0 bridgehead atoms. The van der Waals surface area contributed by atoms with Gasteiger partial charge in [-0.05, 0) is 28.1 Å². The van der Waals surface area contributed by atoms with Crippen molar-refractivity contribution in [2.45, 2.75) is 13.5 Å². The molecule has 8 heteroatoms. The van der Waals surface area contributed by atoms with Crippen molar-refractivity contribution >= 4 is 33.4 Å².